The van der Waals surface area contributed by atoms with E-state index in [1.165, 1.54) is 25.7 Å². The first-order chi connectivity index (χ1) is 16.2. The van der Waals surface area contributed by atoms with Gasteiger partial charge in [0.2, 0.25) is 0 Å². The van der Waals surface area contributed by atoms with Crippen molar-refractivity contribution in [3.63, 3.8) is 0 Å². The number of esters is 1. The molecule has 0 saturated heterocycles. The van der Waals surface area contributed by atoms with Gasteiger partial charge in [-0.1, -0.05) is 39.0 Å². The Balaban J connectivity index is 3.11. The van der Waals surface area contributed by atoms with E-state index in [1.54, 1.807) is 0 Å². The minimum Gasteiger partial charge on any atom is -0.480 e. The second-order valence-corrected chi connectivity index (χ2v) is 7.25. The summed E-state index contributed by atoms with van der Waals surface area (Å²) in [4.78, 5) is 21.8. The molecule has 0 unspecified atom stereocenters. The first-order valence-corrected chi connectivity index (χ1v) is 12.0. The third-order valence-electron chi connectivity index (χ3n) is 4.31. The third kappa shape index (κ3) is 28.7. The van der Waals surface area contributed by atoms with Crippen molar-refractivity contribution in [2.24, 2.45) is 0 Å². The van der Waals surface area contributed by atoms with Gasteiger partial charge in [-0.25, -0.2) is 4.79 Å². The molecular formula is C23H44O10. The fourth-order valence-corrected chi connectivity index (χ4v) is 2.60. The zero-order valence-electron chi connectivity index (χ0n) is 20.3. The molecule has 10 nitrogen and oxygen atoms in total. The van der Waals surface area contributed by atoms with Gasteiger partial charge in [0.15, 0.2) is 0 Å². The summed E-state index contributed by atoms with van der Waals surface area (Å²) < 4.78 is 36.7. The Morgan fingerprint density at radius 1 is 0.545 bits per heavy atom. The maximum Gasteiger partial charge on any atom is 0.329 e. The lowest BCUT2D eigenvalue weighted by atomic mass is 10.1. The molecule has 0 aromatic heterocycles. The van der Waals surface area contributed by atoms with E-state index in [-0.39, 0.29) is 25.8 Å². The van der Waals surface area contributed by atoms with E-state index in [9.17, 15) is 9.59 Å². The maximum atomic E-state index is 11.6. The first-order valence-electron chi connectivity index (χ1n) is 12.0. The molecule has 0 heterocycles. The van der Waals surface area contributed by atoms with Gasteiger partial charge in [-0.15, -0.1) is 0 Å². The van der Waals surface area contributed by atoms with Crippen LogP contribution in [0.25, 0.3) is 0 Å². The van der Waals surface area contributed by atoms with Crippen molar-refractivity contribution in [2.75, 3.05) is 85.9 Å². The summed E-state index contributed by atoms with van der Waals surface area (Å²) in [5.74, 6) is -1.15. The summed E-state index contributed by atoms with van der Waals surface area (Å²) >= 11 is 0. The molecule has 0 aliphatic rings. The van der Waals surface area contributed by atoms with Crippen molar-refractivity contribution in [3.8, 4) is 0 Å². The van der Waals surface area contributed by atoms with Crippen LogP contribution in [0.1, 0.15) is 51.9 Å². The van der Waals surface area contributed by atoms with Gasteiger partial charge >= 0.3 is 11.9 Å². The second-order valence-electron chi connectivity index (χ2n) is 7.25. The van der Waals surface area contributed by atoms with Crippen LogP contribution in [0.5, 0.6) is 0 Å². The Morgan fingerprint density at radius 2 is 0.939 bits per heavy atom. The number of carboxylic acids is 1. The number of hydrogen-bond donors (Lipinski definition) is 1. The summed E-state index contributed by atoms with van der Waals surface area (Å²) in [7, 11) is 0. The van der Waals surface area contributed by atoms with Gasteiger partial charge in [0, 0.05) is 6.42 Å². The van der Waals surface area contributed by atoms with E-state index in [4.69, 9.17) is 38.3 Å². The van der Waals surface area contributed by atoms with Crippen LogP contribution in [0, 0.1) is 0 Å². The van der Waals surface area contributed by atoms with Crippen LogP contribution in [0.4, 0.5) is 0 Å². The van der Waals surface area contributed by atoms with Crippen LogP contribution in [0.2, 0.25) is 0 Å². The minimum atomic E-state index is -0.995. The number of unbranched alkanes of at least 4 members (excludes halogenated alkanes) is 5. The lowest BCUT2D eigenvalue weighted by Crippen LogP contribution is -2.15. The topological polar surface area (TPSA) is 119 Å². The lowest BCUT2D eigenvalue weighted by Gasteiger charge is -2.08. The summed E-state index contributed by atoms with van der Waals surface area (Å²) in [6, 6.07) is 0. The molecule has 0 aromatic rings. The highest BCUT2D eigenvalue weighted by molar-refractivity contribution is 5.69. The normalized spacial score (nSPS) is 11.1. The number of rotatable bonds is 27. The molecule has 1 N–H and O–H groups in total. The standard InChI is InChI=1S/C23H44O10/c1-2-3-4-5-6-7-8-23(26)33-20-19-31-16-15-29-12-11-27-9-10-28-13-14-30-17-18-32-21-22(24)25/h2-21H2,1H3,(H,24,25). The van der Waals surface area contributed by atoms with Crippen molar-refractivity contribution in [3.05, 3.63) is 0 Å². The highest BCUT2D eigenvalue weighted by Gasteiger charge is 2.02. The number of ether oxygens (including phenoxy) is 7. The molecular weight excluding hydrogens is 436 g/mol. The SMILES string of the molecule is CCCCCCCCC(=O)OCCOCCOCCOCCOCCOCCOCC(=O)O. The van der Waals surface area contributed by atoms with Crippen LogP contribution in [0.15, 0.2) is 0 Å². The smallest absolute Gasteiger partial charge is 0.329 e. The third-order valence-corrected chi connectivity index (χ3v) is 4.31. The van der Waals surface area contributed by atoms with Gasteiger partial charge in [0.1, 0.15) is 13.2 Å². The quantitative estimate of drug-likeness (QED) is 0.139. The average molecular weight is 481 g/mol. The predicted molar refractivity (Wildman–Crippen MR) is 122 cm³/mol. The lowest BCUT2D eigenvalue weighted by molar-refractivity contribution is -0.145. The number of carbonyl (C=O) groups excluding carboxylic acids is 1. The zero-order chi connectivity index (χ0) is 24.2. The zero-order valence-corrected chi connectivity index (χ0v) is 20.3. The monoisotopic (exact) mass is 480 g/mol. The number of aliphatic carboxylic acids is 1. The number of carbonyl (C=O) groups is 2. The molecule has 0 atom stereocenters. The van der Waals surface area contributed by atoms with Crippen LogP contribution in [0.3, 0.4) is 0 Å². The van der Waals surface area contributed by atoms with Gasteiger partial charge in [0.05, 0.1) is 72.7 Å². The van der Waals surface area contributed by atoms with E-state index in [0.717, 1.165) is 12.8 Å². The Morgan fingerprint density at radius 3 is 1.39 bits per heavy atom. The van der Waals surface area contributed by atoms with Crippen molar-refractivity contribution in [2.45, 2.75) is 51.9 Å². The van der Waals surface area contributed by atoms with Gasteiger partial charge in [0.25, 0.3) is 0 Å². The largest absolute Gasteiger partial charge is 0.480 e. The summed E-state index contributed by atoms with van der Waals surface area (Å²) in [5.41, 5.74) is 0. The predicted octanol–water partition coefficient (Wildman–Crippen LogP) is 2.46. The summed E-state index contributed by atoms with van der Waals surface area (Å²) in [6.45, 7) is 6.71. The molecule has 0 radical (unpaired) electrons. The van der Waals surface area contributed by atoms with Gasteiger partial charge in [-0.2, -0.15) is 0 Å². The van der Waals surface area contributed by atoms with E-state index in [2.05, 4.69) is 6.92 Å². The molecule has 0 fully saturated rings. The molecule has 0 amide bonds. The van der Waals surface area contributed by atoms with E-state index in [1.807, 2.05) is 0 Å². The molecule has 0 aromatic carbocycles. The number of carboxylic acid groups (broad SMARTS) is 1. The van der Waals surface area contributed by atoms with Crippen LogP contribution in [-0.4, -0.2) is 103 Å². The van der Waals surface area contributed by atoms with Gasteiger partial charge < -0.3 is 38.3 Å². The summed E-state index contributed by atoms with van der Waals surface area (Å²) in [5, 5.41) is 8.39. The first kappa shape index (κ1) is 31.7. The summed E-state index contributed by atoms with van der Waals surface area (Å²) in [6.07, 6.45) is 7.40. The van der Waals surface area contributed by atoms with E-state index < -0.39 is 5.97 Å². The van der Waals surface area contributed by atoms with Gasteiger partial charge in [-0.05, 0) is 6.42 Å². The molecule has 196 valence electrons. The molecule has 0 aliphatic carbocycles. The Hall–Kier alpha value is -1.30. The molecule has 0 saturated carbocycles. The van der Waals surface area contributed by atoms with Crippen LogP contribution >= 0.6 is 0 Å². The Kier molecular flexibility index (Phi) is 25.9. The van der Waals surface area contributed by atoms with Crippen LogP contribution in [-0.2, 0) is 42.7 Å². The highest BCUT2D eigenvalue weighted by Crippen LogP contribution is 2.07. The molecule has 0 spiro atoms. The number of hydrogen-bond acceptors (Lipinski definition) is 9. The molecule has 33 heavy (non-hydrogen) atoms. The fraction of sp³-hybridized carbons (Fsp3) is 0.913. The van der Waals surface area contributed by atoms with Crippen molar-refractivity contribution in [1.29, 1.82) is 0 Å². The van der Waals surface area contributed by atoms with Crippen LogP contribution < -0.4 is 0 Å². The van der Waals surface area contributed by atoms with E-state index in [0.29, 0.717) is 72.5 Å². The molecule has 0 bridgehead atoms. The maximum absolute atomic E-state index is 11.6. The molecule has 10 heteroatoms. The molecule has 0 aliphatic heterocycles. The highest BCUT2D eigenvalue weighted by atomic mass is 16.6. The van der Waals surface area contributed by atoms with Crippen molar-refractivity contribution < 1.29 is 47.9 Å². The average Bonchev–Trinajstić information content (AvgIpc) is 2.79. The minimum absolute atomic E-state index is 0.151. The van der Waals surface area contributed by atoms with Crippen molar-refractivity contribution in [1.82, 2.24) is 0 Å². The van der Waals surface area contributed by atoms with Crippen molar-refractivity contribution >= 4 is 11.9 Å². The second kappa shape index (κ2) is 26.9. The van der Waals surface area contributed by atoms with Gasteiger partial charge in [-0.3, -0.25) is 4.79 Å². The molecule has 0 rings (SSSR count). The Labute approximate surface area is 198 Å². The van der Waals surface area contributed by atoms with E-state index >= 15 is 0 Å². The fourth-order valence-electron chi connectivity index (χ4n) is 2.60. The Bertz CT molecular complexity index is 433.